The second-order valence-corrected chi connectivity index (χ2v) is 9.33. The van der Waals surface area contributed by atoms with Crippen molar-refractivity contribution in [1.29, 1.82) is 5.26 Å². The maximum atomic E-state index is 12.6. The summed E-state index contributed by atoms with van der Waals surface area (Å²) in [4.78, 5) is 12.5. The molecule has 6 nitrogen and oxygen atoms in total. The first-order valence-corrected chi connectivity index (χ1v) is 10.6. The molecule has 1 fully saturated rings. The lowest BCUT2D eigenvalue weighted by Crippen LogP contribution is -2.43. The number of benzene rings is 1. The molecule has 0 N–H and O–H groups in total. The van der Waals surface area contributed by atoms with E-state index < -0.39 is 21.9 Å². The third kappa shape index (κ3) is 3.91. The first-order chi connectivity index (χ1) is 12.4. The van der Waals surface area contributed by atoms with Crippen molar-refractivity contribution < 1.29 is 17.9 Å². The fourth-order valence-electron chi connectivity index (χ4n) is 2.74. The highest BCUT2D eigenvalue weighted by Crippen LogP contribution is 2.29. The zero-order valence-electron chi connectivity index (χ0n) is 13.6. The van der Waals surface area contributed by atoms with Crippen molar-refractivity contribution in [3.8, 4) is 11.8 Å². The summed E-state index contributed by atoms with van der Waals surface area (Å²) < 4.78 is 32.2. The number of carbonyl (C=O) groups is 1. The average Bonchev–Trinajstić information content (AvgIpc) is 3.19. The van der Waals surface area contributed by atoms with Crippen molar-refractivity contribution >= 4 is 38.9 Å². The van der Waals surface area contributed by atoms with Crippen LogP contribution in [0.3, 0.4) is 0 Å². The molecule has 26 heavy (non-hydrogen) atoms. The molecule has 0 aliphatic carbocycles. The lowest BCUT2D eigenvalue weighted by atomic mass is 10.00. The highest BCUT2D eigenvalue weighted by atomic mass is 35.5. The van der Waals surface area contributed by atoms with Crippen LogP contribution in [-0.2, 0) is 14.8 Å². The Balaban J connectivity index is 1.72. The number of nitrogens with zero attached hydrogens (tertiary/aromatic N) is 2. The van der Waals surface area contributed by atoms with Gasteiger partial charge in [-0.1, -0.05) is 17.7 Å². The van der Waals surface area contributed by atoms with Gasteiger partial charge in [0.2, 0.25) is 0 Å². The fraction of sp³-hybridized carbons (Fsp3) is 0.294. The molecule has 0 amide bonds. The Bertz CT molecular complexity index is 952. The lowest BCUT2D eigenvalue weighted by Gasteiger charge is -2.30. The molecule has 136 valence electrons. The summed E-state index contributed by atoms with van der Waals surface area (Å²) in [5, 5.41) is 10.7. The SMILES string of the molecule is N#Cc1ccc(OC(=O)C2CCCN(S(=O)(=O)c3cccs3)C2)c(Cl)c1. The predicted molar refractivity (Wildman–Crippen MR) is 97.6 cm³/mol. The zero-order chi connectivity index (χ0) is 18.7. The molecule has 1 aliphatic rings. The molecule has 0 radical (unpaired) electrons. The summed E-state index contributed by atoms with van der Waals surface area (Å²) in [5.41, 5.74) is 0.362. The minimum atomic E-state index is -3.59. The molecule has 1 atom stereocenters. The molecule has 0 spiro atoms. The topological polar surface area (TPSA) is 87.5 Å². The molecule has 0 bridgehead atoms. The smallest absolute Gasteiger partial charge is 0.315 e. The van der Waals surface area contributed by atoms with Gasteiger partial charge < -0.3 is 4.74 Å². The van der Waals surface area contributed by atoms with E-state index in [1.54, 1.807) is 17.5 Å². The number of ether oxygens (including phenoxy) is 1. The summed E-state index contributed by atoms with van der Waals surface area (Å²) in [6.45, 7) is 0.453. The van der Waals surface area contributed by atoms with Crippen molar-refractivity contribution in [2.75, 3.05) is 13.1 Å². The molecular formula is C17H15ClN2O4S2. The van der Waals surface area contributed by atoms with E-state index in [9.17, 15) is 13.2 Å². The maximum Gasteiger partial charge on any atom is 0.315 e. The molecule has 1 aromatic heterocycles. The normalized spacial score (nSPS) is 18.2. The number of hydrogen-bond donors (Lipinski definition) is 0. The Labute approximate surface area is 160 Å². The van der Waals surface area contributed by atoms with Crippen LogP contribution >= 0.6 is 22.9 Å². The van der Waals surface area contributed by atoms with Crippen LogP contribution in [0.4, 0.5) is 0 Å². The van der Waals surface area contributed by atoms with Crippen LogP contribution in [0.5, 0.6) is 5.75 Å². The van der Waals surface area contributed by atoms with Crippen molar-refractivity contribution in [1.82, 2.24) is 4.31 Å². The van der Waals surface area contributed by atoms with Gasteiger partial charge in [-0.25, -0.2) is 8.42 Å². The van der Waals surface area contributed by atoms with Crippen molar-refractivity contribution in [2.24, 2.45) is 5.92 Å². The van der Waals surface area contributed by atoms with Crippen molar-refractivity contribution in [2.45, 2.75) is 17.1 Å². The Hall–Kier alpha value is -1.92. The number of piperidine rings is 1. The molecule has 9 heteroatoms. The summed E-state index contributed by atoms with van der Waals surface area (Å²) in [7, 11) is -3.59. The van der Waals surface area contributed by atoms with E-state index >= 15 is 0 Å². The van der Waals surface area contributed by atoms with Crippen LogP contribution in [0.25, 0.3) is 0 Å². The molecule has 1 unspecified atom stereocenters. The first kappa shape index (κ1) is 18.9. The Kier molecular flexibility index (Phi) is 5.63. The number of esters is 1. The molecule has 1 saturated heterocycles. The second kappa shape index (κ2) is 7.76. The third-order valence-corrected chi connectivity index (χ3v) is 7.61. The summed E-state index contributed by atoms with van der Waals surface area (Å²) >= 11 is 7.18. The first-order valence-electron chi connectivity index (χ1n) is 7.87. The predicted octanol–water partition coefficient (Wildman–Crippen LogP) is 3.28. The lowest BCUT2D eigenvalue weighted by molar-refractivity contribution is -0.140. The molecule has 1 aliphatic heterocycles. The highest BCUT2D eigenvalue weighted by Gasteiger charge is 2.34. The van der Waals surface area contributed by atoms with Crippen LogP contribution in [0.1, 0.15) is 18.4 Å². The summed E-state index contributed by atoms with van der Waals surface area (Å²) in [5.74, 6) is -0.929. The number of hydrogen-bond acceptors (Lipinski definition) is 6. The van der Waals surface area contributed by atoms with E-state index in [-0.39, 0.29) is 21.5 Å². The minimum absolute atomic E-state index is 0.0764. The fourth-order valence-corrected chi connectivity index (χ4v) is 5.62. The van der Waals surface area contributed by atoms with Gasteiger partial charge in [0.1, 0.15) is 9.96 Å². The Morgan fingerprint density at radius 1 is 1.38 bits per heavy atom. The van der Waals surface area contributed by atoms with E-state index in [4.69, 9.17) is 21.6 Å². The van der Waals surface area contributed by atoms with E-state index in [1.165, 1.54) is 22.5 Å². The van der Waals surface area contributed by atoms with Crippen LogP contribution < -0.4 is 4.74 Å². The van der Waals surface area contributed by atoms with Crippen LogP contribution in [0.2, 0.25) is 5.02 Å². The van der Waals surface area contributed by atoms with Gasteiger partial charge in [-0.05, 0) is 42.5 Å². The van der Waals surface area contributed by atoms with Gasteiger partial charge >= 0.3 is 5.97 Å². The van der Waals surface area contributed by atoms with E-state index in [2.05, 4.69) is 0 Å². The summed E-state index contributed by atoms with van der Waals surface area (Å²) in [6.07, 6.45) is 1.12. The molecule has 3 rings (SSSR count). The molecule has 2 heterocycles. The Morgan fingerprint density at radius 2 is 2.19 bits per heavy atom. The van der Waals surface area contributed by atoms with Gasteiger partial charge in [-0.2, -0.15) is 9.57 Å². The van der Waals surface area contributed by atoms with Crippen LogP contribution in [0.15, 0.2) is 39.9 Å². The van der Waals surface area contributed by atoms with Crippen molar-refractivity contribution in [3.05, 3.63) is 46.3 Å². The highest BCUT2D eigenvalue weighted by molar-refractivity contribution is 7.91. The summed E-state index contributed by atoms with van der Waals surface area (Å²) in [6, 6.07) is 9.56. The van der Waals surface area contributed by atoms with Gasteiger partial charge in [-0.3, -0.25) is 4.79 Å². The van der Waals surface area contributed by atoms with Crippen LogP contribution in [0, 0.1) is 17.2 Å². The zero-order valence-corrected chi connectivity index (χ0v) is 16.0. The molecule has 0 saturated carbocycles. The third-order valence-electron chi connectivity index (χ3n) is 4.08. The number of sulfonamides is 1. The van der Waals surface area contributed by atoms with Gasteiger partial charge in [0, 0.05) is 13.1 Å². The number of nitriles is 1. The number of halogens is 1. The largest absolute Gasteiger partial charge is 0.425 e. The number of thiophene rings is 1. The standard InChI is InChI=1S/C17H15ClN2O4S2/c18-14-9-12(10-19)5-6-15(14)24-17(21)13-3-1-7-20(11-13)26(22,23)16-4-2-8-25-16/h2,4-6,8-9,13H,1,3,7,11H2. The van der Waals surface area contributed by atoms with E-state index in [0.717, 1.165) is 11.3 Å². The molecular weight excluding hydrogens is 396 g/mol. The quantitative estimate of drug-likeness (QED) is 0.570. The van der Waals surface area contributed by atoms with E-state index in [0.29, 0.717) is 24.9 Å². The molecule has 1 aromatic carbocycles. The Morgan fingerprint density at radius 3 is 2.85 bits per heavy atom. The van der Waals surface area contributed by atoms with Crippen LogP contribution in [-0.4, -0.2) is 31.8 Å². The minimum Gasteiger partial charge on any atom is -0.425 e. The second-order valence-electron chi connectivity index (χ2n) is 5.81. The monoisotopic (exact) mass is 410 g/mol. The van der Waals surface area contributed by atoms with Gasteiger partial charge in [0.25, 0.3) is 10.0 Å². The van der Waals surface area contributed by atoms with Gasteiger partial charge in [0.15, 0.2) is 0 Å². The average molecular weight is 411 g/mol. The van der Waals surface area contributed by atoms with Gasteiger partial charge in [0.05, 0.1) is 22.6 Å². The van der Waals surface area contributed by atoms with Gasteiger partial charge in [-0.15, -0.1) is 11.3 Å². The maximum absolute atomic E-state index is 12.6. The number of rotatable bonds is 4. The van der Waals surface area contributed by atoms with E-state index in [1.807, 2.05) is 6.07 Å². The van der Waals surface area contributed by atoms with Crippen molar-refractivity contribution in [3.63, 3.8) is 0 Å². The molecule has 2 aromatic rings. The number of carbonyl (C=O) groups excluding carboxylic acids is 1.